The first kappa shape index (κ1) is 12.7. The van der Waals surface area contributed by atoms with Crippen molar-refractivity contribution < 1.29 is 18.3 Å². The molecule has 0 rings (SSSR count). The second-order valence-electron chi connectivity index (χ2n) is 3.21. The molecule has 0 aliphatic rings. The zero-order valence-corrected chi connectivity index (χ0v) is 8.15. The molecule has 0 saturated heterocycles. The highest BCUT2D eigenvalue weighted by molar-refractivity contribution is 4.87. The summed E-state index contributed by atoms with van der Waals surface area (Å²) in [6.45, 7) is 3.19. The molecule has 1 N–H and O–H groups in total. The molecule has 0 aromatic carbocycles. The molecule has 0 radical (unpaired) electrons. The first-order valence-electron chi connectivity index (χ1n) is 4.24. The molecule has 13 heavy (non-hydrogen) atoms. The van der Waals surface area contributed by atoms with Crippen molar-refractivity contribution in [3.63, 3.8) is 0 Å². The van der Waals surface area contributed by atoms with E-state index in [1.165, 1.54) is 11.8 Å². The van der Waals surface area contributed by atoms with Crippen LogP contribution in [0.5, 0.6) is 0 Å². The van der Waals surface area contributed by atoms with Gasteiger partial charge in [0.15, 0.2) is 5.60 Å². The fourth-order valence-corrected chi connectivity index (χ4v) is 0.960. The smallest absolute Gasteiger partial charge is 0.379 e. The van der Waals surface area contributed by atoms with Crippen LogP contribution in [0.3, 0.4) is 0 Å². The molecule has 80 valence electrons. The summed E-state index contributed by atoms with van der Waals surface area (Å²) in [7, 11) is 1.55. The first-order chi connectivity index (χ1) is 5.77. The van der Waals surface area contributed by atoms with E-state index in [9.17, 15) is 18.3 Å². The molecule has 2 nitrogen and oxygen atoms in total. The fourth-order valence-electron chi connectivity index (χ4n) is 0.960. The van der Waals surface area contributed by atoms with Gasteiger partial charge in [-0.3, -0.25) is 0 Å². The zero-order chi connectivity index (χ0) is 10.7. The lowest BCUT2D eigenvalue weighted by atomic mass is 9.99. The quantitative estimate of drug-likeness (QED) is 0.744. The lowest BCUT2D eigenvalue weighted by Crippen LogP contribution is -2.52. The Labute approximate surface area is 76.3 Å². The normalized spacial score (nSPS) is 17.5. The highest BCUT2D eigenvalue weighted by atomic mass is 19.4. The largest absolute Gasteiger partial charge is 0.418 e. The molecular weight excluding hydrogens is 183 g/mol. The van der Waals surface area contributed by atoms with Crippen LogP contribution in [0, 0.1) is 0 Å². The van der Waals surface area contributed by atoms with E-state index in [1.807, 2.05) is 0 Å². The van der Waals surface area contributed by atoms with E-state index >= 15 is 0 Å². The number of aliphatic hydroxyl groups is 1. The van der Waals surface area contributed by atoms with Crippen molar-refractivity contribution in [3.8, 4) is 0 Å². The molecule has 0 aliphatic heterocycles. The van der Waals surface area contributed by atoms with E-state index in [4.69, 9.17) is 0 Å². The lowest BCUT2D eigenvalue weighted by Gasteiger charge is -2.32. The van der Waals surface area contributed by atoms with Gasteiger partial charge in [0.25, 0.3) is 0 Å². The van der Waals surface area contributed by atoms with Crippen molar-refractivity contribution in [1.82, 2.24) is 4.90 Å². The third kappa shape index (κ3) is 3.15. The van der Waals surface area contributed by atoms with E-state index in [0.717, 1.165) is 0 Å². The second-order valence-corrected chi connectivity index (χ2v) is 3.21. The van der Waals surface area contributed by atoms with Gasteiger partial charge < -0.3 is 10.0 Å². The maximum Gasteiger partial charge on any atom is 0.418 e. The minimum atomic E-state index is -4.55. The van der Waals surface area contributed by atoms with Gasteiger partial charge in [0, 0.05) is 6.54 Å². The Morgan fingerprint density at radius 1 is 1.23 bits per heavy atom. The van der Waals surface area contributed by atoms with Crippen molar-refractivity contribution in [2.45, 2.75) is 32.0 Å². The Bertz CT molecular complexity index is 160. The van der Waals surface area contributed by atoms with Gasteiger partial charge >= 0.3 is 6.18 Å². The van der Waals surface area contributed by atoms with Gasteiger partial charge in [-0.15, -0.1) is 0 Å². The molecule has 0 fully saturated rings. The molecule has 1 atom stereocenters. The van der Waals surface area contributed by atoms with Crippen molar-refractivity contribution in [3.05, 3.63) is 0 Å². The average Bonchev–Trinajstić information content (AvgIpc) is 2.02. The number of rotatable bonds is 4. The predicted octanol–water partition coefficient (Wildman–Crippen LogP) is 1.64. The summed E-state index contributed by atoms with van der Waals surface area (Å²) in [5.41, 5.74) is -2.57. The molecule has 5 heteroatoms. The third-order valence-electron chi connectivity index (χ3n) is 2.18. The Morgan fingerprint density at radius 2 is 1.69 bits per heavy atom. The van der Waals surface area contributed by atoms with E-state index in [2.05, 4.69) is 0 Å². The predicted molar refractivity (Wildman–Crippen MR) is 44.5 cm³/mol. The van der Waals surface area contributed by atoms with E-state index in [0.29, 0.717) is 6.54 Å². The van der Waals surface area contributed by atoms with Crippen LogP contribution in [0.4, 0.5) is 13.2 Å². The summed E-state index contributed by atoms with van der Waals surface area (Å²) < 4.78 is 37.0. The van der Waals surface area contributed by atoms with Gasteiger partial charge in [0.2, 0.25) is 0 Å². The average molecular weight is 199 g/mol. The van der Waals surface area contributed by atoms with Crippen molar-refractivity contribution >= 4 is 0 Å². The Balaban J connectivity index is 4.46. The fraction of sp³-hybridized carbons (Fsp3) is 1.00. The van der Waals surface area contributed by atoms with Crippen molar-refractivity contribution in [2.75, 3.05) is 20.1 Å². The molecule has 0 amide bonds. The standard InChI is InChI=1S/C8H16F3NO/c1-4-7(13,8(9,10)11)6-12(3)5-2/h13H,4-6H2,1-3H3. The van der Waals surface area contributed by atoms with Crippen LogP contribution < -0.4 is 0 Å². The number of alkyl halides is 3. The minimum Gasteiger partial charge on any atom is -0.379 e. The molecule has 0 spiro atoms. The molecular formula is C8H16F3NO. The minimum absolute atomic E-state index is 0.319. The maximum atomic E-state index is 12.3. The molecule has 0 aromatic rings. The van der Waals surface area contributed by atoms with E-state index < -0.39 is 11.8 Å². The van der Waals surface area contributed by atoms with Crippen molar-refractivity contribution in [2.24, 2.45) is 0 Å². The Morgan fingerprint density at radius 3 is 1.92 bits per heavy atom. The number of nitrogens with zero attached hydrogens (tertiary/aromatic N) is 1. The molecule has 0 bridgehead atoms. The number of hydrogen-bond donors (Lipinski definition) is 1. The zero-order valence-electron chi connectivity index (χ0n) is 8.15. The van der Waals surface area contributed by atoms with Gasteiger partial charge in [0.1, 0.15) is 0 Å². The van der Waals surface area contributed by atoms with Crippen LogP contribution in [-0.4, -0.2) is 41.9 Å². The van der Waals surface area contributed by atoms with E-state index in [1.54, 1.807) is 14.0 Å². The molecule has 1 unspecified atom stereocenters. The maximum absolute atomic E-state index is 12.3. The number of hydrogen-bond acceptors (Lipinski definition) is 2. The SMILES string of the molecule is CCN(C)CC(O)(CC)C(F)(F)F. The van der Waals surface area contributed by atoms with Gasteiger partial charge in [0.05, 0.1) is 0 Å². The summed E-state index contributed by atoms with van der Waals surface area (Å²) in [6, 6.07) is 0. The van der Waals surface area contributed by atoms with Gasteiger partial charge in [-0.25, -0.2) is 0 Å². The molecule has 0 heterocycles. The summed E-state index contributed by atoms with van der Waals surface area (Å²) in [5, 5.41) is 9.29. The van der Waals surface area contributed by atoms with Gasteiger partial charge in [-0.05, 0) is 20.0 Å². The molecule has 0 saturated carbocycles. The van der Waals surface area contributed by atoms with Crippen molar-refractivity contribution in [1.29, 1.82) is 0 Å². The van der Waals surface area contributed by atoms with Gasteiger partial charge in [-0.1, -0.05) is 13.8 Å². The van der Waals surface area contributed by atoms with Crippen LogP contribution in [0.25, 0.3) is 0 Å². The third-order valence-corrected chi connectivity index (χ3v) is 2.18. The molecule has 0 aromatic heterocycles. The number of likely N-dealkylation sites (N-methyl/N-ethyl adjacent to an activating group) is 1. The Hall–Kier alpha value is -0.290. The Kier molecular flexibility index (Phi) is 4.19. The topological polar surface area (TPSA) is 23.5 Å². The second kappa shape index (κ2) is 4.28. The van der Waals surface area contributed by atoms with E-state index in [-0.39, 0.29) is 13.0 Å². The monoisotopic (exact) mass is 199 g/mol. The van der Waals surface area contributed by atoms with Crippen LogP contribution >= 0.6 is 0 Å². The van der Waals surface area contributed by atoms with Crippen LogP contribution in [0.2, 0.25) is 0 Å². The lowest BCUT2D eigenvalue weighted by molar-refractivity contribution is -0.265. The summed E-state index contributed by atoms with van der Waals surface area (Å²) in [5.74, 6) is 0. The van der Waals surface area contributed by atoms with Crippen LogP contribution in [-0.2, 0) is 0 Å². The highest BCUT2D eigenvalue weighted by Crippen LogP contribution is 2.33. The first-order valence-corrected chi connectivity index (χ1v) is 4.24. The summed E-state index contributed by atoms with van der Waals surface area (Å²) in [4.78, 5) is 1.44. The van der Waals surface area contributed by atoms with Gasteiger partial charge in [-0.2, -0.15) is 13.2 Å². The highest BCUT2D eigenvalue weighted by Gasteiger charge is 2.52. The number of halogens is 3. The summed E-state index contributed by atoms with van der Waals surface area (Å²) >= 11 is 0. The summed E-state index contributed by atoms with van der Waals surface area (Å²) in [6.07, 6.45) is -4.87. The van der Waals surface area contributed by atoms with Crippen LogP contribution in [0.1, 0.15) is 20.3 Å². The molecule has 0 aliphatic carbocycles. The van der Waals surface area contributed by atoms with Crippen LogP contribution in [0.15, 0.2) is 0 Å².